The van der Waals surface area contributed by atoms with Crippen molar-refractivity contribution in [3.63, 3.8) is 0 Å². The molecule has 3 heterocycles. The van der Waals surface area contributed by atoms with Gasteiger partial charge >= 0.3 is 0 Å². The third kappa shape index (κ3) is 2.31. The van der Waals surface area contributed by atoms with Crippen molar-refractivity contribution in [1.82, 2.24) is 9.38 Å². The molecule has 0 radical (unpaired) electrons. The summed E-state index contributed by atoms with van der Waals surface area (Å²) in [4.78, 5) is 4.99. The summed E-state index contributed by atoms with van der Waals surface area (Å²) >= 11 is 0. The molecule has 6 rings (SSSR count). The lowest BCUT2D eigenvalue weighted by Gasteiger charge is -2.10. The van der Waals surface area contributed by atoms with Crippen LogP contribution in [-0.4, -0.2) is 9.38 Å². The lowest BCUT2D eigenvalue weighted by atomic mass is 9.96. The maximum absolute atomic E-state index is 4.99. The van der Waals surface area contributed by atoms with E-state index in [1.807, 2.05) is 6.07 Å². The first kappa shape index (κ1) is 16.3. The van der Waals surface area contributed by atoms with Gasteiger partial charge in [0.15, 0.2) is 6.20 Å². The zero-order valence-corrected chi connectivity index (χ0v) is 16.4. The lowest BCUT2D eigenvalue weighted by molar-refractivity contribution is -0.660. The number of nitrogens with zero attached hydrogens (tertiary/aromatic N) is 3. The van der Waals surface area contributed by atoms with Gasteiger partial charge in [-0.3, -0.25) is 4.40 Å². The third-order valence-corrected chi connectivity index (χ3v) is 5.95. The number of rotatable bonds is 1. The van der Waals surface area contributed by atoms with E-state index < -0.39 is 0 Å². The molecule has 0 saturated heterocycles. The molecule has 0 fully saturated rings. The van der Waals surface area contributed by atoms with Gasteiger partial charge in [-0.1, -0.05) is 30.3 Å². The Morgan fingerprint density at radius 3 is 2.59 bits per heavy atom. The van der Waals surface area contributed by atoms with Crippen molar-refractivity contribution in [2.24, 2.45) is 7.05 Å². The molecule has 0 N–H and O–H groups in total. The summed E-state index contributed by atoms with van der Waals surface area (Å²) in [5.41, 5.74) is 6.93. The van der Waals surface area contributed by atoms with Crippen molar-refractivity contribution in [1.29, 1.82) is 0 Å². The third-order valence-electron chi connectivity index (χ3n) is 5.95. The van der Waals surface area contributed by atoms with Crippen molar-refractivity contribution >= 4 is 38.2 Å². The number of pyridine rings is 2. The molecule has 0 aliphatic carbocycles. The Bertz CT molecular complexity index is 1570. The summed E-state index contributed by atoms with van der Waals surface area (Å²) in [7, 11) is 2.10. The molecular weight excluding hydrogens is 354 g/mol. The highest BCUT2D eigenvalue weighted by atomic mass is 15.0. The summed E-state index contributed by atoms with van der Waals surface area (Å²) in [5.74, 6) is 0. The van der Waals surface area contributed by atoms with Crippen molar-refractivity contribution in [3.8, 4) is 11.3 Å². The van der Waals surface area contributed by atoms with Crippen LogP contribution in [0.15, 0.2) is 85.2 Å². The summed E-state index contributed by atoms with van der Waals surface area (Å²) in [6.07, 6.45) is 4.23. The Kier molecular flexibility index (Phi) is 3.30. The highest BCUT2D eigenvalue weighted by molar-refractivity contribution is 6.15. The predicted octanol–water partition coefficient (Wildman–Crippen LogP) is 5.59. The minimum absolute atomic E-state index is 1.02. The molecule has 6 aromatic rings. The second-order valence-corrected chi connectivity index (χ2v) is 7.72. The molecule has 0 atom stereocenters. The second kappa shape index (κ2) is 5.89. The van der Waals surface area contributed by atoms with Crippen LogP contribution in [-0.2, 0) is 7.05 Å². The fourth-order valence-electron chi connectivity index (χ4n) is 4.50. The predicted molar refractivity (Wildman–Crippen MR) is 119 cm³/mol. The quantitative estimate of drug-likeness (QED) is 0.271. The molecule has 29 heavy (non-hydrogen) atoms. The fraction of sp³-hybridized carbons (Fsp3) is 0.0769. The first-order chi connectivity index (χ1) is 14.2. The lowest BCUT2D eigenvalue weighted by Crippen LogP contribution is -2.30. The standard InChI is InChI=1S/C26H20N3/c1-17-15-19-11-10-18-12-14-29-24-9-4-3-7-22(24)27-26(29)25(18)21(19)16-20(17)23-8-5-6-13-28(23)2/h3-16H,1-2H3/q+1. The maximum atomic E-state index is 4.99. The van der Waals surface area contributed by atoms with Crippen molar-refractivity contribution in [2.75, 3.05) is 0 Å². The van der Waals surface area contributed by atoms with Gasteiger partial charge in [-0.25, -0.2) is 9.55 Å². The van der Waals surface area contributed by atoms with Gasteiger partial charge in [0.1, 0.15) is 12.7 Å². The topological polar surface area (TPSA) is 21.2 Å². The summed E-state index contributed by atoms with van der Waals surface area (Å²) < 4.78 is 4.39. The first-order valence-corrected chi connectivity index (χ1v) is 9.89. The van der Waals surface area contributed by atoms with Crippen LogP contribution >= 0.6 is 0 Å². The molecule has 3 aromatic heterocycles. The van der Waals surface area contributed by atoms with Gasteiger partial charge in [0.25, 0.3) is 0 Å². The van der Waals surface area contributed by atoms with Crippen LogP contribution < -0.4 is 4.57 Å². The van der Waals surface area contributed by atoms with Crippen LogP contribution in [0.25, 0.3) is 49.5 Å². The van der Waals surface area contributed by atoms with E-state index in [1.165, 1.54) is 38.4 Å². The minimum atomic E-state index is 1.02. The average molecular weight is 374 g/mol. The maximum Gasteiger partial charge on any atom is 0.212 e. The normalized spacial score (nSPS) is 11.8. The number of hydrogen-bond donors (Lipinski definition) is 0. The van der Waals surface area contributed by atoms with Gasteiger partial charge in [-0.2, -0.15) is 0 Å². The molecule has 3 heteroatoms. The average Bonchev–Trinajstić information content (AvgIpc) is 3.12. The molecule has 0 unspecified atom stereocenters. The molecule has 0 spiro atoms. The van der Waals surface area contributed by atoms with E-state index in [-0.39, 0.29) is 0 Å². The molecule has 0 aliphatic rings. The Labute approximate surface area is 168 Å². The van der Waals surface area contributed by atoms with Crippen LogP contribution in [0.5, 0.6) is 0 Å². The Morgan fingerprint density at radius 1 is 0.862 bits per heavy atom. The first-order valence-electron chi connectivity index (χ1n) is 9.89. The molecular formula is C26H20N3+. The van der Waals surface area contributed by atoms with Gasteiger partial charge in [0.2, 0.25) is 5.69 Å². The largest absolute Gasteiger partial charge is 0.299 e. The van der Waals surface area contributed by atoms with E-state index in [1.54, 1.807) is 0 Å². The summed E-state index contributed by atoms with van der Waals surface area (Å²) in [5, 5.41) is 4.92. The zero-order valence-electron chi connectivity index (χ0n) is 16.4. The molecule has 138 valence electrons. The number of para-hydroxylation sites is 2. The molecule has 0 amide bonds. The molecule has 3 nitrogen and oxygen atoms in total. The number of aryl methyl sites for hydroxylation is 2. The van der Waals surface area contributed by atoms with Crippen LogP contribution in [0.1, 0.15) is 5.56 Å². The number of imidazole rings is 1. The Morgan fingerprint density at radius 2 is 1.69 bits per heavy atom. The van der Waals surface area contributed by atoms with Crippen molar-refractivity contribution in [3.05, 3.63) is 90.8 Å². The van der Waals surface area contributed by atoms with E-state index >= 15 is 0 Å². The van der Waals surface area contributed by atoms with Crippen LogP contribution in [0.3, 0.4) is 0 Å². The van der Waals surface area contributed by atoms with Gasteiger partial charge < -0.3 is 0 Å². The van der Waals surface area contributed by atoms with Gasteiger partial charge in [-0.15, -0.1) is 0 Å². The number of aromatic nitrogens is 3. The van der Waals surface area contributed by atoms with Gasteiger partial charge in [-0.05, 0) is 59.0 Å². The SMILES string of the molecule is Cc1cc2ccc3ccn4c5ccccc5nc4c3c2cc1-c1cccc[n+]1C. The Balaban J connectivity index is 1.80. The summed E-state index contributed by atoms with van der Waals surface area (Å²) in [6, 6.07) is 25.9. The van der Waals surface area contributed by atoms with Gasteiger partial charge in [0, 0.05) is 29.3 Å². The van der Waals surface area contributed by atoms with Crippen molar-refractivity contribution in [2.45, 2.75) is 6.92 Å². The second-order valence-electron chi connectivity index (χ2n) is 7.72. The van der Waals surface area contributed by atoms with Crippen molar-refractivity contribution < 1.29 is 4.57 Å². The van der Waals surface area contributed by atoms with E-state index in [0.29, 0.717) is 0 Å². The smallest absolute Gasteiger partial charge is 0.212 e. The minimum Gasteiger partial charge on any atom is -0.299 e. The van der Waals surface area contributed by atoms with E-state index in [9.17, 15) is 0 Å². The monoisotopic (exact) mass is 374 g/mol. The fourth-order valence-corrected chi connectivity index (χ4v) is 4.50. The number of fused-ring (bicyclic) bond motifs is 7. The number of hydrogen-bond acceptors (Lipinski definition) is 1. The van der Waals surface area contributed by atoms with Crippen LogP contribution in [0.4, 0.5) is 0 Å². The van der Waals surface area contributed by atoms with Crippen LogP contribution in [0, 0.1) is 6.92 Å². The summed E-state index contributed by atoms with van der Waals surface area (Å²) in [6.45, 7) is 2.19. The van der Waals surface area contributed by atoms with E-state index in [0.717, 1.165) is 16.7 Å². The molecule has 0 aliphatic heterocycles. The van der Waals surface area contributed by atoms with Gasteiger partial charge in [0.05, 0.1) is 11.0 Å². The zero-order chi connectivity index (χ0) is 19.5. The number of benzene rings is 3. The highest BCUT2D eigenvalue weighted by Crippen LogP contribution is 2.34. The molecule has 0 bridgehead atoms. The highest BCUT2D eigenvalue weighted by Gasteiger charge is 2.16. The van der Waals surface area contributed by atoms with E-state index in [2.05, 4.69) is 102 Å². The van der Waals surface area contributed by atoms with E-state index in [4.69, 9.17) is 4.98 Å². The molecule has 0 saturated carbocycles. The molecule has 3 aromatic carbocycles. The Hall–Kier alpha value is -3.72. The van der Waals surface area contributed by atoms with Crippen LogP contribution in [0.2, 0.25) is 0 Å².